The molecular formula is C17H25IN4OS. The maximum absolute atomic E-state index is 5.38. The second-order valence-electron chi connectivity index (χ2n) is 5.05. The van der Waals surface area contributed by atoms with Crippen molar-refractivity contribution in [2.75, 3.05) is 20.2 Å². The minimum atomic E-state index is 0. The molecule has 0 atom stereocenters. The Hall–Kier alpha value is -1.35. The number of aromatic nitrogens is 1. The predicted octanol–water partition coefficient (Wildman–Crippen LogP) is 3.38. The first-order valence-electron chi connectivity index (χ1n) is 7.78. The smallest absolute Gasteiger partial charge is 0.191 e. The number of hydrogen-bond acceptors (Lipinski definition) is 4. The molecule has 132 valence electrons. The van der Waals surface area contributed by atoms with Crippen molar-refractivity contribution in [2.24, 2.45) is 4.99 Å². The van der Waals surface area contributed by atoms with Crippen molar-refractivity contribution in [1.82, 2.24) is 15.6 Å². The van der Waals surface area contributed by atoms with Gasteiger partial charge in [0, 0.05) is 24.2 Å². The molecule has 0 fully saturated rings. The van der Waals surface area contributed by atoms with Crippen molar-refractivity contribution in [3.05, 3.63) is 45.9 Å². The zero-order valence-corrected chi connectivity index (χ0v) is 17.5. The molecule has 1 heterocycles. The summed E-state index contributed by atoms with van der Waals surface area (Å²) in [5, 5.41) is 7.65. The highest BCUT2D eigenvalue weighted by molar-refractivity contribution is 14.0. The molecule has 7 heteroatoms. The lowest BCUT2D eigenvalue weighted by Crippen LogP contribution is -2.38. The lowest BCUT2D eigenvalue weighted by Gasteiger charge is -2.12. The lowest BCUT2D eigenvalue weighted by atomic mass is 10.1. The number of ether oxygens (including phenoxy) is 1. The van der Waals surface area contributed by atoms with Gasteiger partial charge in [0.25, 0.3) is 0 Å². The maximum atomic E-state index is 5.38. The van der Waals surface area contributed by atoms with Gasteiger partial charge < -0.3 is 15.4 Å². The van der Waals surface area contributed by atoms with Gasteiger partial charge in [0.1, 0.15) is 10.8 Å². The topological polar surface area (TPSA) is 58.5 Å². The predicted molar refractivity (Wildman–Crippen MR) is 112 cm³/mol. The molecule has 2 aromatic rings. The van der Waals surface area contributed by atoms with E-state index in [1.807, 2.05) is 24.4 Å². The minimum Gasteiger partial charge on any atom is -0.496 e. The highest BCUT2D eigenvalue weighted by Gasteiger charge is 2.03. The number of para-hydroxylation sites is 1. The average Bonchev–Trinajstić information content (AvgIpc) is 2.98. The molecule has 0 amide bonds. The molecule has 2 N–H and O–H groups in total. The number of guanidine groups is 1. The molecule has 0 aliphatic heterocycles. The Kier molecular flexibility index (Phi) is 9.70. The van der Waals surface area contributed by atoms with Gasteiger partial charge in [-0.25, -0.2) is 9.98 Å². The van der Waals surface area contributed by atoms with Crippen molar-refractivity contribution in [3.8, 4) is 5.75 Å². The van der Waals surface area contributed by atoms with Gasteiger partial charge in [-0.1, -0.05) is 18.2 Å². The summed E-state index contributed by atoms with van der Waals surface area (Å²) in [6.45, 7) is 6.34. The number of nitrogens with one attached hydrogen (secondary N) is 2. The third kappa shape index (κ3) is 6.64. The second-order valence-corrected chi connectivity index (χ2v) is 6.37. The quantitative estimate of drug-likeness (QED) is 0.378. The Bertz CT molecular complexity index is 645. The van der Waals surface area contributed by atoms with E-state index in [9.17, 15) is 0 Å². The normalized spacial score (nSPS) is 10.9. The third-order valence-corrected chi connectivity index (χ3v) is 4.16. The molecule has 0 bridgehead atoms. The molecule has 1 aromatic carbocycles. The number of benzene rings is 1. The van der Waals surface area contributed by atoms with E-state index in [-0.39, 0.29) is 24.0 Å². The van der Waals surface area contributed by atoms with Crippen LogP contribution >= 0.6 is 35.3 Å². The molecular weight excluding hydrogens is 435 g/mol. The SMILES string of the molecule is CCNC(=NCc1ncc(C)s1)NCCc1ccccc1OC.I. The Morgan fingerprint density at radius 1 is 1.29 bits per heavy atom. The van der Waals surface area contributed by atoms with E-state index in [1.54, 1.807) is 18.4 Å². The third-order valence-electron chi connectivity index (χ3n) is 3.27. The van der Waals surface area contributed by atoms with Gasteiger partial charge in [-0.15, -0.1) is 35.3 Å². The van der Waals surface area contributed by atoms with E-state index in [2.05, 4.69) is 40.5 Å². The van der Waals surface area contributed by atoms with E-state index in [0.717, 1.165) is 36.2 Å². The van der Waals surface area contributed by atoms with Gasteiger partial charge >= 0.3 is 0 Å². The van der Waals surface area contributed by atoms with Crippen LogP contribution in [0.3, 0.4) is 0 Å². The van der Waals surface area contributed by atoms with Gasteiger partial charge in [-0.05, 0) is 31.9 Å². The number of nitrogens with zero attached hydrogens (tertiary/aromatic N) is 2. The van der Waals surface area contributed by atoms with Crippen molar-refractivity contribution >= 4 is 41.3 Å². The number of hydrogen-bond donors (Lipinski definition) is 2. The summed E-state index contributed by atoms with van der Waals surface area (Å²) in [5.74, 6) is 1.74. The number of aryl methyl sites for hydroxylation is 1. The van der Waals surface area contributed by atoms with Crippen molar-refractivity contribution in [1.29, 1.82) is 0 Å². The Balaban J connectivity index is 0.00000288. The first kappa shape index (κ1) is 20.7. The summed E-state index contributed by atoms with van der Waals surface area (Å²) in [5.41, 5.74) is 1.19. The van der Waals surface area contributed by atoms with Crippen LogP contribution < -0.4 is 15.4 Å². The molecule has 0 radical (unpaired) electrons. The van der Waals surface area contributed by atoms with E-state index < -0.39 is 0 Å². The zero-order chi connectivity index (χ0) is 16.5. The van der Waals surface area contributed by atoms with Crippen LogP contribution in [0.4, 0.5) is 0 Å². The summed E-state index contributed by atoms with van der Waals surface area (Å²) in [4.78, 5) is 10.1. The van der Waals surface area contributed by atoms with Crippen molar-refractivity contribution in [2.45, 2.75) is 26.8 Å². The fourth-order valence-electron chi connectivity index (χ4n) is 2.19. The van der Waals surface area contributed by atoms with E-state index in [4.69, 9.17) is 4.74 Å². The van der Waals surface area contributed by atoms with E-state index >= 15 is 0 Å². The average molecular weight is 460 g/mol. The van der Waals surface area contributed by atoms with Crippen LogP contribution in [0.5, 0.6) is 5.75 Å². The molecule has 24 heavy (non-hydrogen) atoms. The highest BCUT2D eigenvalue weighted by atomic mass is 127. The molecule has 0 saturated heterocycles. The van der Waals surface area contributed by atoms with Gasteiger partial charge in [-0.3, -0.25) is 0 Å². The monoisotopic (exact) mass is 460 g/mol. The van der Waals surface area contributed by atoms with Crippen LogP contribution in [0.25, 0.3) is 0 Å². The molecule has 0 unspecified atom stereocenters. The molecule has 0 spiro atoms. The van der Waals surface area contributed by atoms with Crippen LogP contribution in [0.1, 0.15) is 22.4 Å². The summed E-state index contributed by atoms with van der Waals surface area (Å²) in [6.07, 6.45) is 2.77. The molecule has 0 aliphatic rings. The summed E-state index contributed by atoms with van der Waals surface area (Å²) in [6, 6.07) is 8.08. The van der Waals surface area contributed by atoms with Gasteiger partial charge in [-0.2, -0.15) is 0 Å². The maximum Gasteiger partial charge on any atom is 0.191 e. The van der Waals surface area contributed by atoms with Gasteiger partial charge in [0.15, 0.2) is 5.96 Å². The summed E-state index contributed by atoms with van der Waals surface area (Å²) in [7, 11) is 1.70. The lowest BCUT2D eigenvalue weighted by molar-refractivity contribution is 0.409. The summed E-state index contributed by atoms with van der Waals surface area (Å²) >= 11 is 1.68. The number of aliphatic imine (C=N–C) groups is 1. The highest BCUT2D eigenvalue weighted by Crippen LogP contribution is 2.17. The Labute approximate surface area is 165 Å². The largest absolute Gasteiger partial charge is 0.496 e. The Morgan fingerprint density at radius 2 is 2.08 bits per heavy atom. The Morgan fingerprint density at radius 3 is 2.75 bits per heavy atom. The van der Waals surface area contributed by atoms with Crippen LogP contribution in [-0.2, 0) is 13.0 Å². The number of thiazole rings is 1. The fraction of sp³-hybridized carbons (Fsp3) is 0.412. The van der Waals surface area contributed by atoms with Crippen LogP contribution in [0.15, 0.2) is 35.5 Å². The standard InChI is InChI=1S/C17H24N4OS.HI/c1-4-18-17(21-12-16-20-11-13(2)23-16)19-10-9-14-7-5-6-8-15(14)22-3;/h5-8,11H,4,9-10,12H2,1-3H3,(H2,18,19,21);1H. The molecule has 0 saturated carbocycles. The van der Waals surface area contributed by atoms with Crippen molar-refractivity contribution < 1.29 is 4.74 Å². The van der Waals surface area contributed by atoms with Crippen LogP contribution in [0, 0.1) is 6.92 Å². The molecule has 2 rings (SSSR count). The van der Waals surface area contributed by atoms with E-state index in [1.165, 1.54) is 10.4 Å². The molecule has 1 aromatic heterocycles. The number of rotatable bonds is 7. The van der Waals surface area contributed by atoms with Crippen molar-refractivity contribution in [3.63, 3.8) is 0 Å². The second kappa shape index (κ2) is 11.2. The number of methoxy groups -OCH3 is 1. The van der Waals surface area contributed by atoms with Crippen LogP contribution in [-0.4, -0.2) is 31.1 Å². The first-order chi connectivity index (χ1) is 11.2. The first-order valence-corrected chi connectivity index (χ1v) is 8.60. The number of halogens is 1. The minimum absolute atomic E-state index is 0. The van der Waals surface area contributed by atoms with Gasteiger partial charge in [0.2, 0.25) is 0 Å². The fourth-order valence-corrected chi connectivity index (χ4v) is 2.90. The van der Waals surface area contributed by atoms with E-state index in [0.29, 0.717) is 6.54 Å². The summed E-state index contributed by atoms with van der Waals surface area (Å²) < 4.78 is 5.38. The molecule has 0 aliphatic carbocycles. The molecule has 5 nitrogen and oxygen atoms in total. The zero-order valence-electron chi connectivity index (χ0n) is 14.3. The van der Waals surface area contributed by atoms with Crippen LogP contribution in [0.2, 0.25) is 0 Å². The van der Waals surface area contributed by atoms with Gasteiger partial charge in [0.05, 0.1) is 13.7 Å².